The minimum absolute atomic E-state index is 0.246. The van der Waals surface area contributed by atoms with Gasteiger partial charge in [-0.25, -0.2) is 4.79 Å². The summed E-state index contributed by atoms with van der Waals surface area (Å²) >= 11 is 0. The lowest BCUT2D eigenvalue weighted by molar-refractivity contribution is 0.191. The van der Waals surface area contributed by atoms with Crippen LogP contribution >= 0.6 is 7.14 Å². The molecule has 1 rings (SSSR count). The van der Waals surface area contributed by atoms with Crippen LogP contribution in [0, 0.1) is 0 Å². The van der Waals surface area contributed by atoms with Gasteiger partial charge in [0.1, 0.15) is 12.4 Å². The van der Waals surface area contributed by atoms with Crippen molar-refractivity contribution in [3.05, 3.63) is 29.8 Å². The van der Waals surface area contributed by atoms with E-state index in [1.807, 2.05) is 12.1 Å². The summed E-state index contributed by atoms with van der Waals surface area (Å²) in [7, 11) is -2.06. The molecule has 100 valence electrons. The molecule has 0 unspecified atom stereocenters. The lowest BCUT2D eigenvalue weighted by Gasteiger charge is -2.09. The summed E-state index contributed by atoms with van der Waals surface area (Å²) in [5.74, 6) is 0.674. The van der Waals surface area contributed by atoms with Crippen LogP contribution in [0.15, 0.2) is 24.3 Å². The number of amides is 1. The zero-order valence-electron chi connectivity index (χ0n) is 10.5. The molecular formula is C12H18NO4P. The zero-order chi connectivity index (χ0) is 13.6. The highest BCUT2D eigenvalue weighted by molar-refractivity contribution is 7.61. The molecule has 0 aliphatic carbocycles. The molecule has 18 heavy (non-hydrogen) atoms. The Morgan fingerprint density at radius 2 is 1.94 bits per heavy atom. The van der Waals surface area contributed by atoms with Gasteiger partial charge < -0.3 is 19.7 Å². The first-order valence-corrected chi connectivity index (χ1v) is 8.38. The lowest BCUT2D eigenvalue weighted by atomic mass is 10.2. The zero-order valence-corrected chi connectivity index (χ0v) is 11.4. The number of benzene rings is 1. The van der Waals surface area contributed by atoms with E-state index in [9.17, 15) is 9.36 Å². The fourth-order valence-electron chi connectivity index (χ4n) is 1.46. The largest absolute Gasteiger partial charge is 0.492 e. The van der Waals surface area contributed by atoms with E-state index in [1.54, 1.807) is 25.5 Å². The third-order valence-electron chi connectivity index (χ3n) is 2.13. The summed E-state index contributed by atoms with van der Waals surface area (Å²) in [6.07, 6.45) is -0.482. The quantitative estimate of drug-likeness (QED) is 0.615. The van der Waals surface area contributed by atoms with Crippen molar-refractivity contribution in [3.8, 4) is 5.75 Å². The number of hydrogen-bond donors (Lipinski definition) is 2. The van der Waals surface area contributed by atoms with E-state index in [0.29, 0.717) is 11.9 Å². The number of hydrogen-bond acceptors (Lipinski definition) is 3. The van der Waals surface area contributed by atoms with Gasteiger partial charge in [-0.05, 0) is 31.0 Å². The summed E-state index contributed by atoms with van der Waals surface area (Å²) < 4.78 is 17.0. The van der Waals surface area contributed by atoms with Crippen LogP contribution < -0.4 is 10.1 Å². The predicted molar refractivity (Wildman–Crippen MR) is 71.1 cm³/mol. The predicted octanol–water partition coefficient (Wildman–Crippen LogP) is 2.46. The SMILES string of the molecule is CP(C)(=O)Cc1ccc(OCCNC(=O)O)cc1. The Bertz CT molecular complexity index is 438. The molecule has 2 N–H and O–H groups in total. The van der Waals surface area contributed by atoms with Crippen molar-refractivity contribution in [2.45, 2.75) is 6.16 Å². The Morgan fingerprint density at radius 3 is 2.44 bits per heavy atom. The van der Waals surface area contributed by atoms with E-state index in [0.717, 1.165) is 5.56 Å². The van der Waals surface area contributed by atoms with Crippen LogP contribution in [0.2, 0.25) is 0 Å². The fourth-order valence-corrected chi connectivity index (χ4v) is 2.55. The van der Waals surface area contributed by atoms with Crippen LogP contribution in [0.25, 0.3) is 0 Å². The van der Waals surface area contributed by atoms with Gasteiger partial charge in [-0.2, -0.15) is 0 Å². The average molecular weight is 271 g/mol. The van der Waals surface area contributed by atoms with E-state index in [4.69, 9.17) is 9.84 Å². The molecule has 0 heterocycles. The van der Waals surface area contributed by atoms with Gasteiger partial charge in [0.15, 0.2) is 0 Å². The van der Waals surface area contributed by atoms with E-state index in [-0.39, 0.29) is 13.2 Å². The smallest absolute Gasteiger partial charge is 0.404 e. The standard InChI is InChI=1S/C12H18NO4P/c1-18(2,16)9-10-3-5-11(6-4-10)17-8-7-13-12(14)15/h3-6,13H,7-9H2,1-2H3,(H,14,15). The van der Waals surface area contributed by atoms with Crippen molar-refractivity contribution < 1.29 is 19.2 Å². The lowest BCUT2D eigenvalue weighted by Crippen LogP contribution is -2.26. The van der Waals surface area contributed by atoms with Gasteiger partial charge in [0, 0.05) is 6.16 Å². The monoisotopic (exact) mass is 271 g/mol. The van der Waals surface area contributed by atoms with E-state index >= 15 is 0 Å². The highest BCUT2D eigenvalue weighted by Gasteiger charge is 2.08. The van der Waals surface area contributed by atoms with Crippen molar-refractivity contribution in [1.29, 1.82) is 0 Å². The van der Waals surface area contributed by atoms with Crippen LogP contribution in [0.3, 0.4) is 0 Å². The minimum Gasteiger partial charge on any atom is -0.492 e. The van der Waals surface area contributed by atoms with Crippen LogP contribution in [0.1, 0.15) is 5.56 Å². The molecule has 0 atom stereocenters. The molecule has 0 bridgehead atoms. The van der Waals surface area contributed by atoms with Gasteiger partial charge in [-0.3, -0.25) is 0 Å². The maximum absolute atomic E-state index is 11.6. The van der Waals surface area contributed by atoms with E-state index < -0.39 is 13.2 Å². The molecule has 0 aliphatic heterocycles. The third-order valence-corrected chi connectivity index (χ3v) is 3.26. The van der Waals surface area contributed by atoms with E-state index in [1.165, 1.54) is 0 Å². The first-order valence-electron chi connectivity index (χ1n) is 5.59. The molecular weight excluding hydrogens is 253 g/mol. The Balaban J connectivity index is 2.41. The van der Waals surface area contributed by atoms with Gasteiger partial charge >= 0.3 is 6.09 Å². The molecule has 0 fully saturated rings. The highest BCUT2D eigenvalue weighted by Crippen LogP contribution is 2.40. The molecule has 0 spiro atoms. The molecule has 0 radical (unpaired) electrons. The number of carbonyl (C=O) groups is 1. The van der Waals surface area contributed by atoms with Crippen LogP contribution in [-0.2, 0) is 10.7 Å². The highest BCUT2D eigenvalue weighted by atomic mass is 31.2. The van der Waals surface area contributed by atoms with Crippen molar-refractivity contribution in [3.63, 3.8) is 0 Å². The average Bonchev–Trinajstić information content (AvgIpc) is 2.24. The molecule has 1 aromatic carbocycles. The van der Waals surface area contributed by atoms with Gasteiger partial charge in [0.25, 0.3) is 0 Å². The number of carboxylic acid groups (broad SMARTS) is 1. The van der Waals surface area contributed by atoms with Crippen molar-refractivity contribution in [2.24, 2.45) is 0 Å². The Morgan fingerprint density at radius 1 is 1.33 bits per heavy atom. The topological polar surface area (TPSA) is 75.6 Å². The summed E-state index contributed by atoms with van der Waals surface area (Å²) in [4.78, 5) is 10.2. The second kappa shape index (κ2) is 6.45. The minimum atomic E-state index is -2.06. The van der Waals surface area contributed by atoms with Gasteiger partial charge in [-0.1, -0.05) is 12.1 Å². The maximum Gasteiger partial charge on any atom is 0.404 e. The van der Waals surface area contributed by atoms with Crippen molar-refractivity contribution in [1.82, 2.24) is 5.32 Å². The summed E-state index contributed by atoms with van der Waals surface area (Å²) in [5, 5.41) is 10.6. The van der Waals surface area contributed by atoms with E-state index in [2.05, 4.69) is 5.32 Å². The number of nitrogens with one attached hydrogen (secondary N) is 1. The summed E-state index contributed by atoms with van der Waals surface area (Å²) in [5.41, 5.74) is 1.01. The normalized spacial score (nSPS) is 11.0. The Labute approximate surface area is 107 Å². The molecule has 1 aromatic rings. The number of ether oxygens (including phenoxy) is 1. The second-order valence-electron chi connectivity index (χ2n) is 4.46. The van der Waals surface area contributed by atoms with Gasteiger partial charge in [-0.15, -0.1) is 0 Å². The summed E-state index contributed by atoms with van der Waals surface area (Å²) in [6, 6.07) is 7.34. The molecule has 0 saturated carbocycles. The van der Waals surface area contributed by atoms with Crippen LogP contribution in [0.4, 0.5) is 4.79 Å². The summed E-state index contributed by atoms with van der Waals surface area (Å²) in [6.45, 7) is 4.05. The second-order valence-corrected chi connectivity index (χ2v) is 7.92. The number of rotatable bonds is 6. The first kappa shape index (κ1) is 14.6. The van der Waals surface area contributed by atoms with Crippen LogP contribution in [-0.4, -0.2) is 37.7 Å². The maximum atomic E-state index is 11.6. The van der Waals surface area contributed by atoms with Gasteiger partial charge in [0.05, 0.1) is 13.7 Å². The van der Waals surface area contributed by atoms with Crippen molar-refractivity contribution >= 4 is 13.2 Å². The first-order chi connectivity index (χ1) is 8.37. The van der Waals surface area contributed by atoms with Crippen molar-refractivity contribution in [2.75, 3.05) is 26.5 Å². The van der Waals surface area contributed by atoms with Gasteiger partial charge in [0.2, 0.25) is 0 Å². The molecule has 0 aromatic heterocycles. The van der Waals surface area contributed by atoms with Crippen LogP contribution in [0.5, 0.6) is 5.75 Å². The molecule has 0 aliphatic rings. The fraction of sp³-hybridized carbons (Fsp3) is 0.417. The molecule has 6 heteroatoms. The Kier molecular flexibility index (Phi) is 5.23. The molecule has 5 nitrogen and oxygen atoms in total. The third kappa shape index (κ3) is 6.30. The molecule has 0 saturated heterocycles. The Hall–Kier alpha value is -1.48. The molecule has 1 amide bonds.